The molecule has 1 aromatic carbocycles. The van der Waals surface area contributed by atoms with Gasteiger partial charge < -0.3 is 9.64 Å². The van der Waals surface area contributed by atoms with Gasteiger partial charge in [-0.1, -0.05) is 11.6 Å². The Kier molecular flexibility index (Phi) is 5.44. The standard InChI is InChI=1S/C16H22ClNO2/c1-3-20-16-10-12(2)14(17)11-13(16)15(19)6-9-18-7-4-5-8-18/h10-11H,3-9H2,1-2H3. The Bertz CT molecular complexity index is 482. The van der Waals surface area contributed by atoms with Crippen molar-refractivity contribution in [1.29, 1.82) is 0 Å². The lowest BCUT2D eigenvalue weighted by atomic mass is 10.0. The molecule has 3 nitrogen and oxygen atoms in total. The van der Waals surface area contributed by atoms with E-state index in [1.54, 1.807) is 6.07 Å². The summed E-state index contributed by atoms with van der Waals surface area (Å²) in [5.74, 6) is 0.767. The number of ketones is 1. The first-order chi connectivity index (χ1) is 9.61. The van der Waals surface area contributed by atoms with Crippen molar-refractivity contribution in [3.63, 3.8) is 0 Å². The number of halogens is 1. The van der Waals surface area contributed by atoms with Crippen molar-refractivity contribution in [2.24, 2.45) is 0 Å². The summed E-state index contributed by atoms with van der Waals surface area (Å²) < 4.78 is 5.57. The van der Waals surface area contributed by atoms with Gasteiger partial charge in [-0.3, -0.25) is 4.79 Å². The molecular weight excluding hydrogens is 274 g/mol. The average Bonchev–Trinajstić information content (AvgIpc) is 2.93. The van der Waals surface area contributed by atoms with Crippen LogP contribution in [0.5, 0.6) is 5.75 Å². The van der Waals surface area contributed by atoms with Gasteiger partial charge in [-0.25, -0.2) is 0 Å². The SMILES string of the molecule is CCOc1cc(C)c(Cl)cc1C(=O)CCN1CCCC1. The lowest BCUT2D eigenvalue weighted by Crippen LogP contribution is -2.22. The summed E-state index contributed by atoms with van der Waals surface area (Å²) >= 11 is 6.14. The summed E-state index contributed by atoms with van der Waals surface area (Å²) in [7, 11) is 0. The predicted molar refractivity (Wildman–Crippen MR) is 82.0 cm³/mol. The van der Waals surface area contributed by atoms with Gasteiger partial charge in [-0.05, 0) is 57.5 Å². The zero-order valence-corrected chi connectivity index (χ0v) is 13.0. The molecule has 1 fully saturated rings. The number of benzene rings is 1. The summed E-state index contributed by atoms with van der Waals surface area (Å²) in [6.45, 7) is 7.44. The van der Waals surface area contributed by atoms with E-state index in [2.05, 4.69) is 4.90 Å². The van der Waals surface area contributed by atoms with Gasteiger partial charge >= 0.3 is 0 Å². The summed E-state index contributed by atoms with van der Waals surface area (Å²) in [4.78, 5) is 14.7. The lowest BCUT2D eigenvalue weighted by Gasteiger charge is -2.15. The number of aryl methyl sites for hydroxylation is 1. The first-order valence-electron chi connectivity index (χ1n) is 7.30. The van der Waals surface area contributed by atoms with E-state index in [4.69, 9.17) is 16.3 Å². The molecule has 110 valence electrons. The Morgan fingerprint density at radius 1 is 1.35 bits per heavy atom. The van der Waals surface area contributed by atoms with Crippen LogP contribution in [0.4, 0.5) is 0 Å². The molecule has 1 aliphatic heterocycles. The van der Waals surface area contributed by atoms with E-state index in [0.717, 1.165) is 25.2 Å². The molecular formula is C16H22ClNO2. The largest absolute Gasteiger partial charge is 0.493 e. The first-order valence-corrected chi connectivity index (χ1v) is 7.68. The Balaban J connectivity index is 2.08. The molecule has 0 unspecified atom stereocenters. The molecule has 4 heteroatoms. The number of carbonyl (C=O) groups excluding carboxylic acids is 1. The molecule has 0 radical (unpaired) electrons. The van der Waals surface area contributed by atoms with Crippen LogP contribution in [0, 0.1) is 6.92 Å². The molecule has 2 rings (SSSR count). The first kappa shape index (κ1) is 15.3. The number of likely N-dealkylation sites (tertiary alicyclic amines) is 1. The summed E-state index contributed by atoms with van der Waals surface area (Å²) in [5, 5.41) is 0.623. The van der Waals surface area contributed by atoms with Crippen molar-refractivity contribution in [1.82, 2.24) is 4.90 Å². The number of hydrogen-bond donors (Lipinski definition) is 0. The Morgan fingerprint density at radius 3 is 2.70 bits per heavy atom. The molecule has 1 heterocycles. The molecule has 0 N–H and O–H groups in total. The molecule has 0 atom stereocenters. The highest BCUT2D eigenvalue weighted by molar-refractivity contribution is 6.31. The molecule has 0 aliphatic carbocycles. The van der Waals surface area contributed by atoms with Crippen LogP contribution in [0.1, 0.15) is 42.1 Å². The van der Waals surface area contributed by atoms with Crippen molar-refractivity contribution >= 4 is 17.4 Å². The van der Waals surface area contributed by atoms with Crippen molar-refractivity contribution in [2.45, 2.75) is 33.1 Å². The van der Waals surface area contributed by atoms with E-state index >= 15 is 0 Å². The molecule has 0 amide bonds. The molecule has 0 aromatic heterocycles. The second kappa shape index (κ2) is 7.09. The number of nitrogens with zero attached hydrogens (tertiary/aromatic N) is 1. The summed E-state index contributed by atoms with van der Waals surface area (Å²) in [6, 6.07) is 3.60. The highest BCUT2D eigenvalue weighted by atomic mass is 35.5. The monoisotopic (exact) mass is 295 g/mol. The summed E-state index contributed by atoms with van der Waals surface area (Å²) in [5.41, 5.74) is 1.55. The van der Waals surface area contributed by atoms with Crippen LogP contribution in [0.3, 0.4) is 0 Å². The third-order valence-electron chi connectivity index (χ3n) is 3.71. The van der Waals surface area contributed by atoms with Crippen LogP contribution >= 0.6 is 11.6 Å². The zero-order valence-electron chi connectivity index (χ0n) is 12.2. The van der Waals surface area contributed by atoms with Crippen LogP contribution in [0.25, 0.3) is 0 Å². The van der Waals surface area contributed by atoms with E-state index in [9.17, 15) is 4.79 Å². The van der Waals surface area contributed by atoms with E-state index in [-0.39, 0.29) is 5.78 Å². The van der Waals surface area contributed by atoms with E-state index in [1.807, 2.05) is 19.9 Å². The maximum absolute atomic E-state index is 12.4. The fourth-order valence-electron chi connectivity index (χ4n) is 2.55. The van der Waals surface area contributed by atoms with E-state index < -0.39 is 0 Å². The molecule has 1 aliphatic rings. The van der Waals surface area contributed by atoms with Crippen LogP contribution in [-0.4, -0.2) is 36.9 Å². The minimum absolute atomic E-state index is 0.113. The molecule has 1 saturated heterocycles. The van der Waals surface area contributed by atoms with Crippen molar-refractivity contribution < 1.29 is 9.53 Å². The normalized spacial score (nSPS) is 15.6. The second-order valence-electron chi connectivity index (χ2n) is 5.25. The third kappa shape index (κ3) is 3.74. The molecule has 20 heavy (non-hydrogen) atoms. The van der Waals surface area contributed by atoms with Gasteiger partial charge in [0.15, 0.2) is 5.78 Å². The highest BCUT2D eigenvalue weighted by Crippen LogP contribution is 2.28. The second-order valence-corrected chi connectivity index (χ2v) is 5.66. The lowest BCUT2D eigenvalue weighted by molar-refractivity contribution is 0.0965. The topological polar surface area (TPSA) is 29.5 Å². The van der Waals surface area contributed by atoms with Crippen LogP contribution in [0.15, 0.2) is 12.1 Å². The number of ether oxygens (including phenoxy) is 1. The Hall–Kier alpha value is -1.06. The van der Waals surface area contributed by atoms with Crippen molar-refractivity contribution in [3.05, 3.63) is 28.3 Å². The van der Waals surface area contributed by atoms with Gasteiger partial charge in [0.2, 0.25) is 0 Å². The van der Waals surface area contributed by atoms with Crippen LogP contribution < -0.4 is 4.74 Å². The fourth-order valence-corrected chi connectivity index (χ4v) is 2.71. The van der Waals surface area contributed by atoms with Crippen LogP contribution in [0.2, 0.25) is 5.02 Å². The number of rotatable bonds is 6. The number of hydrogen-bond acceptors (Lipinski definition) is 3. The van der Waals surface area contributed by atoms with Crippen LogP contribution in [-0.2, 0) is 0 Å². The van der Waals surface area contributed by atoms with E-state index in [0.29, 0.717) is 29.4 Å². The zero-order chi connectivity index (χ0) is 14.5. The minimum atomic E-state index is 0.113. The number of Topliss-reactive ketones (excluding diaryl/α,β-unsaturated/α-hetero) is 1. The molecule has 0 spiro atoms. The Labute approximate surface area is 125 Å². The Morgan fingerprint density at radius 2 is 2.05 bits per heavy atom. The third-order valence-corrected chi connectivity index (χ3v) is 4.12. The number of carbonyl (C=O) groups is 1. The van der Waals surface area contributed by atoms with Crippen molar-refractivity contribution in [2.75, 3.05) is 26.2 Å². The smallest absolute Gasteiger partial charge is 0.167 e. The van der Waals surface area contributed by atoms with Gasteiger partial charge in [0, 0.05) is 18.0 Å². The summed E-state index contributed by atoms with van der Waals surface area (Å²) in [6.07, 6.45) is 3.02. The molecule has 0 saturated carbocycles. The van der Waals surface area contributed by atoms with Gasteiger partial charge in [0.05, 0.1) is 12.2 Å². The highest BCUT2D eigenvalue weighted by Gasteiger charge is 2.17. The van der Waals surface area contributed by atoms with Gasteiger partial charge in [-0.15, -0.1) is 0 Å². The molecule has 1 aromatic rings. The van der Waals surface area contributed by atoms with Gasteiger partial charge in [0.25, 0.3) is 0 Å². The maximum Gasteiger partial charge on any atom is 0.167 e. The van der Waals surface area contributed by atoms with Gasteiger partial charge in [-0.2, -0.15) is 0 Å². The average molecular weight is 296 g/mol. The maximum atomic E-state index is 12.4. The van der Waals surface area contributed by atoms with E-state index in [1.165, 1.54) is 12.8 Å². The van der Waals surface area contributed by atoms with Crippen molar-refractivity contribution in [3.8, 4) is 5.75 Å². The van der Waals surface area contributed by atoms with Gasteiger partial charge in [0.1, 0.15) is 5.75 Å². The quantitative estimate of drug-likeness (QED) is 0.749. The fraction of sp³-hybridized carbons (Fsp3) is 0.562. The predicted octanol–water partition coefficient (Wildman–Crippen LogP) is 3.72. The minimum Gasteiger partial charge on any atom is -0.493 e. The molecule has 0 bridgehead atoms.